The summed E-state index contributed by atoms with van der Waals surface area (Å²) in [7, 11) is 1.27. The molecule has 9 nitrogen and oxygen atoms in total. The van der Waals surface area contributed by atoms with Crippen molar-refractivity contribution in [2.45, 2.75) is 0 Å². The van der Waals surface area contributed by atoms with Gasteiger partial charge in [0.2, 0.25) is 5.96 Å². The van der Waals surface area contributed by atoms with E-state index in [9.17, 15) is 15.2 Å². The summed E-state index contributed by atoms with van der Waals surface area (Å²) in [5, 5.41) is 30.8. The molecule has 0 aliphatic carbocycles. The van der Waals surface area contributed by atoms with Crippen LogP contribution in [0.1, 0.15) is 5.56 Å². The summed E-state index contributed by atoms with van der Waals surface area (Å²) in [4.78, 5) is 10.0. The summed E-state index contributed by atoms with van der Waals surface area (Å²) in [5.41, 5.74) is 6.92. The Labute approximate surface area is 114 Å². The molecule has 5 N–H and O–H groups in total. The number of phenols is 1. The molecule has 0 aliphatic heterocycles. The highest BCUT2D eigenvalue weighted by Gasteiger charge is 2.15. The molecule has 19 heavy (non-hydrogen) atoms. The van der Waals surface area contributed by atoms with Gasteiger partial charge in [0.25, 0.3) is 5.69 Å². The highest BCUT2D eigenvalue weighted by molar-refractivity contribution is 5.87. The maximum Gasteiger partial charge on any atom is 0.274 e. The Morgan fingerprint density at radius 3 is 2.79 bits per heavy atom. The monoisotopic (exact) mass is 289 g/mol. The maximum atomic E-state index is 10.7. The number of hydrazone groups is 1. The summed E-state index contributed by atoms with van der Waals surface area (Å²) in [5.74, 6) is -0.742. The number of rotatable bonds is 4. The van der Waals surface area contributed by atoms with Gasteiger partial charge in [0.05, 0.1) is 24.3 Å². The van der Waals surface area contributed by atoms with Gasteiger partial charge in [0.1, 0.15) is 0 Å². The van der Waals surface area contributed by atoms with Gasteiger partial charge in [-0.1, -0.05) is 0 Å². The highest BCUT2D eigenvalue weighted by Crippen LogP contribution is 2.33. The predicted molar refractivity (Wildman–Crippen MR) is 71.2 cm³/mol. The van der Waals surface area contributed by atoms with E-state index in [0.717, 1.165) is 18.3 Å². The molecule has 0 spiro atoms. The number of hydrogen-bond donors (Lipinski definition) is 4. The van der Waals surface area contributed by atoms with Crippen LogP contribution in [0.3, 0.4) is 0 Å². The van der Waals surface area contributed by atoms with Gasteiger partial charge in [-0.2, -0.15) is 5.10 Å². The fourth-order valence-corrected chi connectivity index (χ4v) is 1.15. The molecule has 104 valence electrons. The number of nitro groups is 1. The number of methoxy groups -OCH3 is 1. The summed E-state index contributed by atoms with van der Waals surface area (Å²) in [6, 6.07) is 2.20. The molecule has 0 atom stereocenters. The van der Waals surface area contributed by atoms with Crippen LogP contribution >= 0.6 is 12.4 Å². The summed E-state index contributed by atoms with van der Waals surface area (Å²) in [6.07, 6.45) is 1.09. The maximum absolute atomic E-state index is 10.7. The number of benzene rings is 1. The van der Waals surface area contributed by atoms with E-state index in [2.05, 4.69) is 10.5 Å². The van der Waals surface area contributed by atoms with E-state index >= 15 is 0 Å². The number of aromatic hydroxyl groups is 1. The van der Waals surface area contributed by atoms with Crippen molar-refractivity contribution in [3.05, 3.63) is 27.8 Å². The van der Waals surface area contributed by atoms with Crippen LogP contribution in [0.15, 0.2) is 17.2 Å². The van der Waals surface area contributed by atoms with Gasteiger partial charge in [0, 0.05) is 11.6 Å². The first-order valence-electron chi connectivity index (χ1n) is 4.64. The van der Waals surface area contributed by atoms with Gasteiger partial charge in [-0.25, -0.2) is 5.43 Å². The number of guanidine groups is 1. The van der Waals surface area contributed by atoms with Crippen molar-refractivity contribution in [1.29, 1.82) is 5.41 Å². The van der Waals surface area contributed by atoms with Gasteiger partial charge in [-0.15, -0.1) is 12.4 Å². The number of non-ortho nitro benzene ring substituents is 1. The van der Waals surface area contributed by atoms with Crippen LogP contribution in [0.5, 0.6) is 11.5 Å². The Balaban J connectivity index is 0.00000324. The molecule has 0 bridgehead atoms. The number of phenolic OH excluding ortho intramolecular Hbond substituents is 1. The van der Waals surface area contributed by atoms with E-state index in [-0.39, 0.29) is 35.2 Å². The molecule has 10 heteroatoms. The van der Waals surface area contributed by atoms with E-state index < -0.39 is 10.9 Å². The Morgan fingerprint density at radius 2 is 2.32 bits per heavy atom. The number of ether oxygens (including phenoxy) is 1. The minimum absolute atomic E-state index is 0. The van der Waals surface area contributed by atoms with Crippen LogP contribution in [0.4, 0.5) is 5.69 Å². The molecular formula is C9H12ClN5O4. The normalized spacial score (nSPS) is 9.74. The molecule has 0 heterocycles. The number of nitro benzene ring substituents is 1. The van der Waals surface area contributed by atoms with E-state index in [1.807, 2.05) is 0 Å². The van der Waals surface area contributed by atoms with Gasteiger partial charge in [-0.05, 0) is 0 Å². The zero-order chi connectivity index (χ0) is 13.7. The molecule has 0 unspecified atom stereocenters. The van der Waals surface area contributed by atoms with E-state index in [1.54, 1.807) is 0 Å². The second kappa shape index (κ2) is 7.01. The second-order valence-electron chi connectivity index (χ2n) is 3.13. The van der Waals surface area contributed by atoms with Gasteiger partial charge in [-0.3, -0.25) is 15.5 Å². The van der Waals surface area contributed by atoms with Crippen LogP contribution in [0.25, 0.3) is 0 Å². The average molecular weight is 290 g/mol. The highest BCUT2D eigenvalue weighted by atomic mass is 35.5. The topological polar surface area (TPSA) is 147 Å². The molecule has 0 fully saturated rings. The first-order valence-corrected chi connectivity index (χ1v) is 4.64. The van der Waals surface area contributed by atoms with E-state index in [0.29, 0.717) is 0 Å². The zero-order valence-corrected chi connectivity index (χ0v) is 10.6. The third-order valence-corrected chi connectivity index (χ3v) is 1.91. The Kier molecular flexibility index (Phi) is 6.07. The van der Waals surface area contributed by atoms with Crippen LogP contribution < -0.4 is 15.9 Å². The lowest BCUT2D eigenvalue weighted by Gasteiger charge is -2.05. The molecule has 0 amide bonds. The zero-order valence-electron chi connectivity index (χ0n) is 9.78. The second-order valence-corrected chi connectivity index (χ2v) is 3.13. The molecule has 1 aromatic carbocycles. The quantitative estimate of drug-likeness (QED) is 0.275. The molecule has 0 saturated carbocycles. The fourth-order valence-electron chi connectivity index (χ4n) is 1.15. The number of nitrogens with two attached hydrogens (primary N) is 1. The van der Waals surface area contributed by atoms with Crippen LogP contribution in [-0.4, -0.2) is 29.3 Å². The third-order valence-electron chi connectivity index (χ3n) is 1.91. The molecule has 0 aliphatic rings. The largest absolute Gasteiger partial charge is 0.504 e. The van der Waals surface area contributed by atoms with Crippen molar-refractivity contribution in [3.63, 3.8) is 0 Å². The predicted octanol–water partition coefficient (Wildman–Crippen LogP) is 0.548. The van der Waals surface area contributed by atoms with Crippen molar-refractivity contribution < 1.29 is 14.8 Å². The molecule has 0 radical (unpaired) electrons. The number of halogens is 1. The third kappa shape index (κ3) is 4.32. The Hall–Kier alpha value is -2.55. The standard InChI is InChI=1S/C9H11N5O4.ClH/c1-18-7-3-6(14(16)17)2-5(8(7)15)4-12-13-9(10)11;/h2-4,15H,1H3,(H4,10,11,13);1H. The lowest BCUT2D eigenvalue weighted by Crippen LogP contribution is -2.25. The first kappa shape index (κ1) is 16.4. The van der Waals surface area contributed by atoms with Gasteiger partial charge < -0.3 is 15.6 Å². The molecular weight excluding hydrogens is 278 g/mol. The minimum atomic E-state index is -0.627. The van der Waals surface area contributed by atoms with Crippen molar-refractivity contribution in [1.82, 2.24) is 5.43 Å². The fraction of sp³-hybridized carbons (Fsp3) is 0.111. The molecule has 0 saturated heterocycles. The Morgan fingerprint density at radius 1 is 1.68 bits per heavy atom. The summed E-state index contributed by atoms with van der Waals surface area (Å²) in [6.45, 7) is 0. The van der Waals surface area contributed by atoms with Crippen molar-refractivity contribution >= 4 is 30.3 Å². The van der Waals surface area contributed by atoms with Gasteiger partial charge >= 0.3 is 0 Å². The number of nitrogens with one attached hydrogen (secondary N) is 2. The van der Waals surface area contributed by atoms with Crippen molar-refractivity contribution in [2.24, 2.45) is 10.8 Å². The summed E-state index contributed by atoms with van der Waals surface area (Å²) < 4.78 is 4.80. The number of hydrogen-bond acceptors (Lipinski definition) is 6. The van der Waals surface area contributed by atoms with Crippen molar-refractivity contribution in [2.75, 3.05) is 7.11 Å². The van der Waals surface area contributed by atoms with Crippen LogP contribution in [0.2, 0.25) is 0 Å². The molecule has 1 rings (SSSR count). The minimum Gasteiger partial charge on any atom is -0.504 e. The van der Waals surface area contributed by atoms with Gasteiger partial charge in [0.15, 0.2) is 11.5 Å². The average Bonchev–Trinajstić information content (AvgIpc) is 2.30. The SMILES string of the molecule is COc1cc([N+](=O)[O-])cc(C=NNC(=N)N)c1O.Cl. The molecule has 0 aromatic heterocycles. The molecule has 1 aromatic rings. The van der Waals surface area contributed by atoms with E-state index in [4.69, 9.17) is 15.9 Å². The van der Waals surface area contributed by atoms with Crippen molar-refractivity contribution in [3.8, 4) is 11.5 Å². The van der Waals surface area contributed by atoms with E-state index in [1.165, 1.54) is 7.11 Å². The lowest BCUT2D eigenvalue weighted by molar-refractivity contribution is -0.385. The van der Waals surface area contributed by atoms with Crippen LogP contribution in [0, 0.1) is 15.5 Å². The smallest absolute Gasteiger partial charge is 0.274 e. The lowest BCUT2D eigenvalue weighted by atomic mass is 10.2. The van der Waals surface area contributed by atoms with Crippen LogP contribution in [-0.2, 0) is 0 Å². The summed E-state index contributed by atoms with van der Waals surface area (Å²) >= 11 is 0. The number of nitrogens with zero attached hydrogens (tertiary/aromatic N) is 2. The Bertz CT molecular complexity index is 520. The first-order chi connectivity index (χ1) is 8.45.